The maximum absolute atomic E-state index is 12.4. The zero-order chi connectivity index (χ0) is 7.83. The van der Waals surface area contributed by atoms with E-state index in [1.165, 1.54) is 0 Å². The van der Waals surface area contributed by atoms with E-state index in [9.17, 15) is 13.9 Å². The van der Waals surface area contributed by atoms with E-state index >= 15 is 0 Å². The summed E-state index contributed by atoms with van der Waals surface area (Å²) in [6.07, 6.45) is -0.241. The number of hydrogen-bond acceptors (Lipinski definition) is 1. The molecule has 0 aliphatic heterocycles. The van der Waals surface area contributed by atoms with Crippen molar-refractivity contribution < 1.29 is 13.9 Å². The fourth-order valence-electron chi connectivity index (χ4n) is 1.29. The molecular weight excluding hydrogens is 138 g/mol. The lowest BCUT2D eigenvalue weighted by Gasteiger charge is -2.19. The number of halogens is 2. The predicted octanol–water partition coefficient (Wildman–Crippen LogP) is 1.76. The average Bonchev–Trinajstić information content (AvgIpc) is 2.08. The minimum Gasteiger partial charge on any atom is -0.390 e. The summed E-state index contributed by atoms with van der Waals surface area (Å²) in [6, 6.07) is 0. The van der Waals surface area contributed by atoms with Crippen LogP contribution in [0.15, 0.2) is 0 Å². The molecule has 0 amide bonds. The number of alkyl halides is 2. The second-order valence-corrected chi connectivity index (χ2v) is 3.01. The molecular formula is C7H11F2O. The molecule has 0 bridgehead atoms. The van der Waals surface area contributed by atoms with Gasteiger partial charge < -0.3 is 5.11 Å². The molecule has 0 aromatic rings. The molecule has 3 heteroatoms. The lowest BCUT2D eigenvalue weighted by molar-refractivity contribution is -0.0318. The van der Waals surface area contributed by atoms with E-state index in [2.05, 4.69) is 6.92 Å². The SMILES string of the molecule is [CH2]CC1(O)CCC(F)(F)C1. The van der Waals surface area contributed by atoms with Crippen molar-refractivity contribution in [3.05, 3.63) is 6.92 Å². The fourth-order valence-corrected chi connectivity index (χ4v) is 1.29. The molecule has 1 atom stereocenters. The maximum atomic E-state index is 12.4. The van der Waals surface area contributed by atoms with Crippen molar-refractivity contribution in [3.8, 4) is 0 Å². The third-order valence-electron chi connectivity index (χ3n) is 2.01. The van der Waals surface area contributed by atoms with Crippen LogP contribution in [0.5, 0.6) is 0 Å². The predicted molar refractivity (Wildman–Crippen MR) is 33.7 cm³/mol. The summed E-state index contributed by atoms with van der Waals surface area (Å²) in [6.45, 7) is 3.42. The van der Waals surface area contributed by atoms with Crippen LogP contribution >= 0.6 is 0 Å². The Morgan fingerprint density at radius 2 is 2.00 bits per heavy atom. The molecule has 0 saturated heterocycles. The van der Waals surface area contributed by atoms with Crippen LogP contribution in [-0.2, 0) is 0 Å². The molecule has 1 nitrogen and oxygen atoms in total. The Morgan fingerprint density at radius 1 is 1.40 bits per heavy atom. The van der Waals surface area contributed by atoms with Gasteiger partial charge in [-0.1, -0.05) is 6.92 Å². The Kier molecular flexibility index (Phi) is 1.71. The Bertz CT molecular complexity index is 136. The fraction of sp³-hybridized carbons (Fsp3) is 0.857. The smallest absolute Gasteiger partial charge is 0.251 e. The summed E-state index contributed by atoms with van der Waals surface area (Å²) in [5, 5.41) is 9.29. The van der Waals surface area contributed by atoms with Crippen molar-refractivity contribution in [2.24, 2.45) is 0 Å². The van der Waals surface area contributed by atoms with Crippen molar-refractivity contribution in [1.82, 2.24) is 0 Å². The zero-order valence-corrected chi connectivity index (χ0v) is 5.74. The van der Waals surface area contributed by atoms with Crippen LogP contribution in [-0.4, -0.2) is 16.6 Å². The molecule has 1 unspecified atom stereocenters. The van der Waals surface area contributed by atoms with E-state index in [0.29, 0.717) is 0 Å². The molecule has 0 aromatic carbocycles. The van der Waals surface area contributed by atoms with E-state index in [-0.39, 0.29) is 19.3 Å². The van der Waals surface area contributed by atoms with Crippen LogP contribution in [0.25, 0.3) is 0 Å². The molecule has 1 rings (SSSR count). The maximum Gasteiger partial charge on any atom is 0.251 e. The van der Waals surface area contributed by atoms with Gasteiger partial charge in [-0.25, -0.2) is 8.78 Å². The van der Waals surface area contributed by atoms with Gasteiger partial charge in [0.15, 0.2) is 0 Å². The van der Waals surface area contributed by atoms with Gasteiger partial charge in [-0.3, -0.25) is 0 Å². The van der Waals surface area contributed by atoms with Crippen molar-refractivity contribution in [3.63, 3.8) is 0 Å². The van der Waals surface area contributed by atoms with E-state index in [0.717, 1.165) is 0 Å². The van der Waals surface area contributed by atoms with E-state index in [1.54, 1.807) is 0 Å². The minimum absolute atomic E-state index is 0.183. The highest BCUT2D eigenvalue weighted by molar-refractivity contribution is 4.93. The van der Waals surface area contributed by atoms with Crippen LogP contribution in [0.3, 0.4) is 0 Å². The standard InChI is InChI=1S/C7H11F2O/c1-2-6(10)3-4-7(8,9)5-6/h10H,1-5H2. The first-order valence-corrected chi connectivity index (χ1v) is 3.37. The highest BCUT2D eigenvalue weighted by atomic mass is 19.3. The van der Waals surface area contributed by atoms with Gasteiger partial charge in [0, 0.05) is 12.8 Å². The Hall–Kier alpha value is -0.180. The number of rotatable bonds is 1. The highest BCUT2D eigenvalue weighted by Gasteiger charge is 2.47. The summed E-state index contributed by atoms with van der Waals surface area (Å²) in [5.41, 5.74) is -1.19. The average molecular weight is 149 g/mol. The molecule has 1 radical (unpaired) electrons. The highest BCUT2D eigenvalue weighted by Crippen LogP contribution is 2.42. The van der Waals surface area contributed by atoms with Gasteiger partial charge in [-0.2, -0.15) is 0 Å². The van der Waals surface area contributed by atoms with Gasteiger partial charge in [0.05, 0.1) is 5.60 Å². The van der Waals surface area contributed by atoms with Crippen molar-refractivity contribution in [2.75, 3.05) is 0 Å². The van der Waals surface area contributed by atoms with E-state index in [1.807, 2.05) is 0 Å². The minimum atomic E-state index is -2.66. The van der Waals surface area contributed by atoms with Gasteiger partial charge in [0.2, 0.25) is 0 Å². The van der Waals surface area contributed by atoms with Crippen LogP contribution in [0.2, 0.25) is 0 Å². The quantitative estimate of drug-likeness (QED) is 0.602. The second kappa shape index (κ2) is 2.16. The first-order chi connectivity index (χ1) is 4.47. The summed E-state index contributed by atoms with van der Waals surface area (Å²) >= 11 is 0. The van der Waals surface area contributed by atoms with Gasteiger partial charge in [-0.05, 0) is 12.8 Å². The lowest BCUT2D eigenvalue weighted by Crippen LogP contribution is -2.25. The van der Waals surface area contributed by atoms with Crippen LogP contribution < -0.4 is 0 Å². The summed E-state index contributed by atoms with van der Waals surface area (Å²) < 4.78 is 24.9. The first-order valence-electron chi connectivity index (χ1n) is 3.37. The molecule has 0 aromatic heterocycles. The Balaban J connectivity index is 2.57. The Labute approximate surface area is 59.0 Å². The van der Waals surface area contributed by atoms with Crippen LogP contribution in [0, 0.1) is 6.92 Å². The molecule has 1 saturated carbocycles. The topological polar surface area (TPSA) is 20.2 Å². The van der Waals surface area contributed by atoms with Gasteiger partial charge in [0.1, 0.15) is 0 Å². The monoisotopic (exact) mass is 149 g/mol. The molecule has 1 aliphatic carbocycles. The summed E-state index contributed by atoms with van der Waals surface area (Å²) in [5.74, 6) is -2.66. The summed E-state index contributed by atoms with van der Waals surface area (Å²) in [4.78, 5) is 0. The van der Waals surface area contributed by atoms with Crippen molar-refractivity contribution in [2.45, 2.75) is 37.2 Å². The molecule has 1 aliphatic rings. The molecule has 0 spiro atoms. The van der Waals surface area contributed by atoms with E-state index < -0.39 is 17.9 Å². The molecule has 1 N–H and O–H groups in total. The lowest BCUT2D eigenvalue weighted by atomic mass is 9.99. The molecule has 59 valence electrons. The second-order valence-electron chi connectivity index (χ2n) is 3.01. The number of hydrogen-bond donors (Lipinski definition) is 1. The third kappa shape index (κ3) is 1.45. The van der Waals surface area contributed by atoms with Crippen molar-refractivity contribution >= 4 is 0 Å². The van der Waals surface area contributed by atoms with Gasteiger partial charge in [0.25, 0.3) is 5.92 Å². The van der Waals surface area contributed by atoms with Crippen LogP contribution in [0.1, 0.15) is 25.7 Å². The molecule has 1 fully saturated rings. The molecule has 0 heterocycles. The first kappa shape index (κ1) is 7.92. The molecule has 10 heavy (non-hydrogen) atoms. The van der Waals surface area contributed by atoms with Gasteiger partial charge in [-0.15, -0.1) is 0 Å². The normalized spacial score (nSPS) is 38.4. The van der Waals surface area contributed by atoms with Crippen LogP contribution in [0.4, 0.5) is 8.78 Å². The number of aliphatic hydroxyl groups is 1. The van der Waals surface area contributed by atoms with Crippen molar-refractivity contribution in [1.29, 1.82) is 0 Å². The zero-order valence-electron chi connectivity index (χ0n) is 5.74. The largest absolute Gasteiger partial charge is 0.390 e. The third-order valence-corrected chi connectivity index (χ3v) is 2.01. The van der Waals surface area contributed by atoms with Gasteiger partial charge >= 0.3 is 0 Å². The summed E-state index contributed by atoms with van der Waals surface area (Å²) in [7, 11) is 0. The van der Waals surface area contributed by atoms with E-state index in [4.69, 9.17) is 0 Å². The Morgan fingerprint density at radius 3 is 2.20 bits per heavy atom.